The lowest BCUT2D eigenvalue weighted by atomic mass is 9.62. The zero-order valence-corrected chi connectivity index (χ0v) is 16.3. The monoisotopic (exact) mass is 428 g/mol. The average Bonchev–Trinajstić information content (AvgIpc) is 2.71. The van der Waals surface area contributed by atoms with Crippen LogP contribution in [0.25, 0.3) is 0 Å². The number of carboxylic acids is 1. The first kappa shape index (κ1) is 20.5. The van der Waals surface area contributed by atoms with Gasteiger partial charge in [0, 0.05) is 24.7 Å². The normalized spacial score (nSPS) is 27.4. The lowest BCUT2D eigenvalue weighted by molar-refractivity contribution is -0.181. The molecule has 0 bridgehead atoms. The third-order valence-corrected chi connectivity index (χ3v) is 5.88. The molecule has 0 spiro atoms. The van der Waals surface area contributed by atoms with Crippen LogP contribution in [0.3, 0.4) is 0 Å². The molecule has 1 heterocycles. The summed E-state index contributed by atoms with van der Waals surface area (Å²) in [6.45, 7) is 1.00. The SMILES string of the molecule is CO[C@H]1C(O)=C(C(C)=O)C(=O)[C@@H]2OC3=C(C[C@]21C(=O)O)C(=O)c1cccc(O)c1C3=O. The summed E-state index contributed by atoms with van der Waals surface area (Å²) in [7, 11) is 1.07. The van der Waals surface area contributed by atoms with Gasteiger partial charge in [-0.25, -0.2) is 0 Å². The minimum Gasteiger partial charge on any atom is -0.509 e. The van der Waals surface area contributed by atoms with Crippen LogP contribution in [0.5, 0.6) is 5.75 Å². The topological polar surface area (TPSA) is 164 Å². The molecule has 0 fully saturated rings. The van der Waals surface area contributed by atoms with Crippen LogP contribution in [0.4, 0.5) is 0 Å². The van der Waals surface area contributed by atoms with Gasteiger partial charge in [0.05, 0.1) is 5.56 Å². The molecule has 0 unspecified atom stereocenters. The van der Waals surface area contributed by atoms with Crippen LogP contribution in [0.1, 0.15) is 34.1 Å². The van der Waals surface area contributed by atoms with E-state index < -0.39 is 76.0 Å². The number of benzene rings is 1. The van der Waals surface area contributed by atoms with Crippen molar-refractivity contribution < 1.29 is 48.8 Å². The second-order valence-corrected chi connectivity index (χ2v) is 7.48. The van der Waals surface area contributed by atoms with Gasteiger partial charge in [-0.2, -0.15) is 0 Å². The van der Waals surface area contributed by atoms with Gasteiger partial charge in [0.15, 0.2) is 23.4 Å². The highest BCUT2D eigenvalue weighted by atomic mass is 16.5. The molecule has 3 atom stereocenters. The summed E-state index contributed by atoms with van der Waals surface area (Å²) >= 11 is 0. The van der Waals surface area contributed by atoms with E-state index in [4.69, 9.17) is 9.47 Å². The number of carbonyl (C=O) groups excluding carboxylic acids is 4. The van der Waals surface area contributed by atoms with Gasteiger partial charge in [0.1, 0.15) is 28.6 Å². The summed E-state index contributed by atoms with van der Waals surface area (Å²) in [5.74, 6) is -7.20. The van der Waals surface area contributed by atoms with E-state index in [9.17, 15) is 39.3 Å². The molecule has 3 N–H and O–H groups in total. The summed E-state index contributed by atoms with van der Waals surface area (Å²) in [4.78, 5) is 63.5. The number of hydrogen-bond donors (Lipinski definition) is 3. The van der Waals surface area contributed by atoms with Crippen LogP contribution in [0.2, 0.25) is 0 Å². The number of carbonyl (C=O) groups is 5. The van der Waals surface area contributed by atoms with Crippen molar-refractivity contribution in [2.45, 2.75) is 25.6 Å². The first-order valence-corrected chi connectivity index (χ1v) is 9.13. The Kier molecular flexibility index (Phi) is 4.37. The second kappa shape index (κ2) is 6.61. The number of methoxy groups -OCH3 is 1. The summed E-state index contributed by atoms with van der Waals surface area (Å²) in [6, 6.07) is 3.84. The number of phenols is 1. The molecule has 1 aliphatic heterocycles. The van der Waals surface area contributed by atoms with Crippen LogP contribution in [-0.4, -0.2) is 63.7 Å². The number of fused-ring (bicyclic) bond motifs is 2. The summed E-state index contributed by atoms with van der Waals surface area (Å²) in [5.41, 5.74) is -3.80. The number of hydrogen-bond acceptors (Lipinski definition) is 9. The molecule has 3 aliphatic rings. The minimum absolute atomic E-state index is 0.147. The predicted octanol–water partition coefficient (Wildman–Crippen LogP) is 0.884. The van der Waals surface area contributed by atoms with E-state index in [1.54, 1.807) is 0 Å². The molecular formula is C21H16O10. The maximum Gasteiger partial charge on any atom is 0.317 e. The van der Waals surface area contributed by atoms with Crippen molar-refractivity contribution in [3.63, 3.8) is 0 Å². The Bertz CT molecular complexity index is 1170. The quantitative estimate of drug-likeness (QED) is 0.589. The lowest BCUT2D eigenvalue weighted by Crippen LogP contribution is -2.63. The van der Waals surface area contributed by atoms with E-state index in [-0.39, 0.29) is 16.7 Å². The second-order valence-electron chi connectivity index (χ2n) is 7.48. The summed E-state index contributed by atoms with van der Waals surface area (Å²) in [6.07, 6.45) is -4.30. The number of aliphatic hydroxyl groups excluding tert-OH is 1. The first-order valence-electron chi connectivity index (χ1n) is 9.13. The molecule has 2 aliphatic carbocycles. The van der Waals surface area contributed by atoms with Crippen molar-refractivity contribution in [3.05, 3.63) is 52.0 Å². The van der Waals surface area contributed by atoms with E-state index >= 15 is 0 Å². The number of aromatic hydroxyl groups is 1. The highest BCUT2D eigenvalue weighted by molar-refractivity contribution is 6.29. The molecule has 1 aromatic carbocycles. The lowest BCUT2D eigenvalue weighted by Gasteiger charge is -2.47. The van der Waals surface area contributed by atoms with Crippen molar-refractivity contribution in [1.29, 1.82) is 0 Å². The van der Waals surface area contributed by atoms with Crippen molar-refractivity contribution in [2.75, 3.05) is 7.11 Å². The van der Waals surface area contributed by atoms with Gasteiger partial charge < -0.3 is 24.8 Å². The number of phenolic OH excluding ortho intramolecular Hbond substituents is 1. The van der Waals surface area contributed by atoms with E-state index in [0.29, 0.717) is 0 Å². The van der Waals surface area contributed by atoms with E-state index in [0.717, 1.165) is 14.0 Å². The molecule has 10 heteroatoms. The Balaban J connectivity index is 1.97. The average molecular weight is 428 g/mol. The van der Waals surface area contributed by atoms with Gasteiger partial charge >= 0.3 is 5.97 Å². The van der Waals surface area contributed by atoms with Gasteiger partial charge in [0.2, 0.25) is 11.6 Å². The third-order valence-electron chi connectivity index (χ3n) is 5.88. The number of ketones is 4. The Morgan fingerprint density at radius 1 is 1.16 bits per heavy atom. The van der Waals surface area contributed by atoms with Gasteiger partial charge in [-0.05, 0) is 13.0 Å². The Labute approximate surface area is 174 Å². The Morgan fingerprint density at radius 3 is 2.42 bits per heavy atom. The number of aliphatic hydroxyl groups is 1. The maximum atomic E-state index is 13.1. The van der Waals surface area contributed by atoms with Gasteiger partial charge in [0.25, 0.3) is 0 Å². The molecule has 0 saturated heterocycles. The van der Waals surface area contributed by atoms with Crippen LogP contribution in [0.15, 0.2) is 40.9 Å². The summed E-state index contributed by atoms with van der Waals surface area (Å²) in [5, 5.41) is 30.7. The molecule has 31 heavy (non-hydrogen) atoms. The fraction of sp³-hybridized carbons (Fsp3) is 0.286. The number of allylic oxidation sites excluding steroid dienone is 2. The molecule has 10 nitrogen and oxygen atoms in total. The third kappa shape index (κ3) is 2.45. The van der Waals surface area contributed by atoms with E-state index in [1.165, 1.54) is 18.2 Å². The molecule has 0 aromatic heterocycles. The molecule has 4 rings (SSSR count). The highest BCUT2D eigenvalue weighted by Crippen LogP contribution is 2.51. The Morgan fingerprint density at radius 2 is 1.84 bits per heavy atom. The zero-order chi connectivity index (χ0) is 22.8. The smallest absolute Gasteiger partial charge is 0.317 e. The number of aliphatic carboxylic acids is 1. The fourth-order valence-corrected chi connectivity index (χ4v) is 4.50. The van der Waals surface area contributed by atoms with Crippen molar-refractivity contribution >= 4 is 29.1 Å². The number of Topliss-reactive ketones (excluding diaryl/α,β-unsaturated/α-hetero) is 4. The van der Waals surface area contributed by atoms with Crippen LogP contribution in [0, 0.1) is 5.41 Å². The molecule has 0 radical (unpaired) electrons. The van der Waals surface area contributed by atoms with Crippen LogP contribution < -0.4 is 0 Å². The van der Waals surface area contributed by atoms with Crippen molar-refractivity contribution in [2.24, 2.45) is 5.41 Å². The number of carboxylic acid groups (broad SMARTS) is 1. The Hall–Kier alpha value is -3.79. The van der Waals surface area contributed by atoms with Crippen molar-refractivity contribution in [3.8, 4) is 5.75 Å². The van der Waals surface area contributed by atoms with Gasteiger partial charge in [-0.1, -0.05) is 12.1 Å². The molecule has 1 aromatic rings. The van der Waals surface area contributed by atoms with Gasteiger partial charge in [-0.3, -0.25) is 24.0 Å². The maximum absolute atomic E-state index is 13.1. The summed E-state index contributed by atoms with van der Waals surface area (Å²) < 4.78 is 10.7. The first-order chi connectivity index (χ1) is 14.6. The van der Waals surface area contributed by atoms with E-state index in [1.807, 2.05) is 0 Å². The number of rotatable bonds is 3. The molecule has 0 amide bonds. The van der Waals surface area contributed by atoms with Crippen LogP contribution >= 0.6 is 0 Å². The zero-order valence-electron chi connectivity index (χ0n) is 16.3. The molecule has 160 valence electrons. The van der Waals surface area contributed by atoms with Crippen molar-refractivity contribution in [1.82, 2.24) is 0 Å². The fourth-order valence-electron chi connectivity index (χ4n) is 4.50. The largest absolute Gasteiger partial charge is 0.509 e. The molecule has 0 saturated carbocycles. The van der Waals surface area contributed by atoms with E-state index in [2.05, 4.69) is 0 Å². The van der Waals surface area contributed by atoms with Crippen LogP contribution in [-0.2, 0) is 23.9 Å². The number of ether oxygens (including phenoxy) is 2. The minimum atomic E-state index is -2.31. The van der Waals surface area contributed by atoms with Gasteiger partial charge in [-0.15, -0.1) is 0 Å². The molecular weight excluding hydrogens is 412 g/mol. The highest BCUT2D eigenvalue weighted by Gasteiger charge is 2.66. The predicted molar refractivity (Wildman–Crippen MR) is 99.5 cm³/mol. The standard InChI is InChI=1S/C21H16O10/c1-7(22)11-15(26)18(30-2)21(20(28)29)6-9-13(24)8-4-3-5-10(23)12(8)14(25)17(9)31-19(21)16(11)27/h3-5,18-19,23,26H,6H2,1-2H3,(H,28,29)/t18-,19-,21+/m0/s1.